The molecule has 1 amide bonds. The van der Waals surface area contributed by atoms with E-state index < -0.39 is 11.2 Å². The van der Waals surface area contributed by atoms with Crippen LogP contribution in [0.4, 0.5) is 5.69 Å². The molecule has 0 aliphatic rings. The summed E-state index contributed by atoms with van der Waals surface area (Å²) in [6, 6.07) is 9.87. The maximum Gasteiger partial charge on any atom is 0.255 e. The Morgan fingerprint density at radius 1 is 0.862 bits per heavy atom. The monoisotopic (exact) mass is 417 g/mol. The quantitative estimate of drug-likeness (QED) is 0.592. The molecule has 156 valence electrons. The number of hydrogen-bond acceptors (Lipinski definition) is 4. The Hall–Kier alpha value is -2.53. The molecule has 0 radical (unpaired) electrons. The van der Waals surface area contributed by atoms with Crippen LogP contribution in [-0.2, 0) is 0 Å². The van der Waals surface area contributed by atoms with Gasteiger partial charge in [-0.25, -0.2) is 0 Å². The number of Topliss-reactive ketones (excluding diaryl/α,β-unsaturated/α-hetero) is 1. The van der Waals surface area contributed by atoms with Crippen molar-refractivity contribution >= 4 is 29.0 Å². The maximum absolute atomic E-state index is 12.8. The highest BCUT2D eigenvalue weighted by atomic mass is 35.5. The summed E-state index contributed by atoms with van der Waals surface area (Å²) in [5.41, 5.74) is 0.505. The number of rotatable bonds is 5. The molecule has 0 aliphatic carbocycles. The number of carbonyl (C=O) groups is 2. The van der Waals surface area contributed by atoms with Crippen molar-refractivity contribution in [3.05, 3.63) is 52.5 Å². The minimum Gasteiger partial charge on any atom is -0.484 e. The standard InChI is InChI=1S/C23H28ClNO4/c1-14(26)15-8-10-17(11-9-15)25-21(27)16-12-18(24)20(29-23(5,6)7)19(13-16)28-22(2,3)4/h8-13H,1-7H3,(H,25,27). The van der Waals surface area contributed by atoms with Crippen molar-refractivity contribution in [2.75, 3.05) is 5.32 Å². The molecule has 0 bridgehead atoms. The molecule has 0 spiro atoms. The number of halogens is 1. The zero-order chi connectivity index (χ0) is 22.0. The van der Waals surface area contributed by atoms with E-state index in [1.165, 1.54) is 6.92 Å². The summed E-state index contributed by atoms with van der Waals surface area (Å²) >= 11 is 6.45. The lowest BCUT2D eigenvalue weighted by atomic mass is 10.1. The van der Waals surface area contributed by atoms with Gasteiger partial charge < -0.3 is 14.8 Å². The molecule has 0 heterocycles. The first-order valence-electron chi connectivity index (χ1n) is 9.39. The van der Waals surface area contributed by atoms with Crippen molar-refractivity contribution in [2.24, 2.45) is 0 Å². The topological polar surface area (TPSA) is 64.6 Å². The predicted molar refractivity (Wildman–Crippen MR) is 117 cm³/mol. The van der Waals surface area contributed by atoms with Crippen LogP contribution in [0, 0.1) is 0 Å². The number of anilines is 1. The second kappa shape index (κ2) is 8.46. The smallest absolute Gasteiger partial charge is 0.255 e. The molecular weight excluding hydrogens is 390 g/mol. The second-order valence-corrected chi connectivity index (χ2v) is 9.21. The third kappa shape index (κ3) is 6.79. The molecule has 6 heteroatoms. The van der Waals surface area contributed by atoms with Crippen LogP contribution in [0.15, 0.2) is 36.4 Å². The van der Waals surface area contributed by atoms with Crippen molar-refractivity contribution in [1.82, 2.24) is 0 Å². The Kier molecular flexibility index (Phi) is 6.63. The van der Waals surface area contributed by atoms with Gasteiger partial charge >= 0.3 is 0 Å². The molecule has 0 saturated heterocycles. The van der Waals surface area contributed by atoms with E-state index in [0.29, 0.717) is 33.3 Å². The lowest BCUT2D eigenvalue weighted by molar-refractivity contribution is 0.0949. The molecule has 0 fully saturated rings. The third-order valence-electron chi connectivity index (χ3n) is 3.65. The number of benzene rings is 2. The number of nitrogens with one attached hydrogen (secondary N) is 1. The van der Waals surface area contributed by atoms with Crippen LogP contribution in [0.3, 0.4) is 0 Å². The summed E-state index contributed by atoms with van der Waals surface area (Å²) in [6.07, 6.45) is 0. The summed E-state index contributed by atoms with van der Waals surface area (Å²) in [5.74, 6) is 0.421. The van der Waals surface area contributed by atoms with Crippen LogP contribution in [0.2, 0.25) is 5.02 Å². The van der Waals surface area contributed by atoms with E-state index >= 15 is 0 Å². The lowest BCUT2D eigenvalue weighted by Gasteiger charge is -2.28. The molecule has 2 rings (SSSR count). The lowest BCUT2D eigenvalue weighted by Crippen LogP contribution is -2.27. The van der Waals surface area contributed by atoms with E-state index in [0.717, 1.165) is 0 Å². The van der Waals surface area contributed by atoms with Gasteiger partial charge in [-0.3, -0.25) is 9.59 Å². The van der Waals surface area contributed by atoms with E-state index in [1.807, 2.05) is 41.5 Å². The average Bonchev–Trinajstić information content (AvgIpc) is 2.56. The molecule has 2 aromatic carbocycles. The zero-order valence-corrected chi connectivity index (χ0v) is 18.7. The van der Waals surface area contributed by atoms with Crippen molar-refractivity contribution in [1.29, 1.82) is 0 Å². The van der Waals surface area contributed by atoms with Gasteiger partial charge in [0.05, 0.1) is 5.02 Å². The SMILES string of the molecule is CC(=O)c1ccc(NC(=O)c2cc(Cl)c(OC(C)(C)C)c(OC(C)(C)C)c2)cc1. The summed E-state index contributed by atoms with van der Waals surface area (Å²) in [5, 5.41) is 3.09. The number of carbonyl (C=O) groups excluding carboxylic acids is 2. The summed E-state index contributed by atoms with van der Waals surface area (Å²) < 4.78 is 12.0. The fraction of sp³-hybridized carbons (Fsp3) is 0.391. The number of hydrogen-bond donors (Lipinski definition) is 1. The van der Waals surface area contributed by atoms with E-state index in [9.17, 15) is 9.59 Å². The van der Waals surface area contributed by atoms with Crippen LogP contribution in [0.5, 0.6) is 11.5 Å². The van der Waals surface area contributed by atoms with Gasteiger partial charge in [0.15, 0.2) is 17.3 Å². The van der Waals surface area contributed by atoms with Crippen molar-refractivity contribution in [3.63, 3.8) is 0 Å². The normalized spacial score (nSPS) is 11.7. The molecule has 0 saturated carbocycles. The Morgan fingerprint density at radius 2 is 1.41 bits per heavy atom. The van der Waals surface area contributed by atoms with E-state index in [4.69, 9.17) is 21.1 Å². The highest BCUT2D eigenvalue weighted by molar-refractivity contribution is 6.32. The maximum atomic E-state index is 12.8. The fourth-order valence-corrected chi connectivity index (χ4v) is 2.75. The predicted octanol–water partition coefficient (Wildman–Crippen LogP) is 6.15. The molecule has 0 unspecified atom stereocenters. The van der Waals surface area contributed by atoms with Gasteiger partial charge in [0.25, 0.3) is 5.91 Å². The summed E-state index contributed by atoms with van der Waals surface area (Å²) in [4.78, 5) is 24.2. The van der Waals surface area contributed by atoms with Crippen molar-refractivity contribution in [3.8, 4) is 11.5 Å². The molecule has 0 atom stereocenters. The first-order valence-corrected chi connectivity index (χ1v) is 9.77. The van der Waals surface area contributed by atoms with Crippen LogP contribution in [-0.4, -0.2) is 22.9 Å². The molecule has 0 aliphatic heterocycles. The highest BCUT2D eigenvalue weighted by Crippen LogP contribution is 2.40. The van der Waals surface area contributed by atoms with Gasteiger partial charge in [0.2, 0.25) is 0 Å². The first kappa shape index (κ1) is 22.8. The first-order chi connectivity index (χ1) is 13.2. The van der Waals surface area contributed by atoms with Gasteiger partial charge in [-0.15, -0.1) is 0 Å². The Bertz CT molecular complexity index is 906. The third-order valence-corrected chi connectivity index (χ3v) is 3.93. The van der Waals surface area contributed by atoms with Gasteiger partial charge in [-0.2, -0.15) is 0 Å². The zero-order valence-electron chi connectivity index (χ0n) is 18.0. The number of ether oxygens (including phenoxy) is 2. The van der Waals surface area contributed by atoms with E-state index in [-0.39, 0.29) is 11.7 Å². The van der Waals surface area contributed by atoms with Gasteiger partial charge in [-0.05, 0) is 84.9 Å². The molecule has 5 nitrogen and oxygen atoms in total. The van der Waals surface area contributed by atoms with Crippen LogP contribution in [0.1, 0.15) is 69.2 Å². The number of amides is 1. The minimum absolute atomic E-state index is 0.0342. The second-order valence-electron chi connectivity index (χ2n) is 8.80. The summed E-state index contributed by atoms with van der Waals surface area (Å²) in [6.45, 7) is 13.0. The van der Waals surface area contributed by atoms with Gasteiger partial charge in [-0.1, -0.05) is 11.6 Å². The molecular formula is C23H28ClNO4. The van der Waals surface area contributed by atoms with Gasteiger partial charge in [0.1, 0.15) is 11.2 Å². The van der Waals surface area contributed by atoms with E-state index in [2.05, 4.69) is 5.32 Å². The van der Waals surface area contributed by atoms with Crippen LogP contribution < -0.4 is 14.8 Å². The average molecular weight is 418 g/mol. The van der Waals surface area contributed by atoms with Crippen molar-refractivity contribution in [2.45, 2.75) is 59.7 Å². The van der Waals surface area contributed by atoms with Crippen molar-refractivity contribution < 1.29 is 19.1 Å². The van der Waals surface area contributed by atoms with E-state index in [1.54, 1.807) is 36.4 Å². The molecule has 1 N–H and O–H groups in total. The highest BCUT2D eigenvalue weighted by Gasteiger charge is 2.24. The molecule has 0 aromatic heterocycles. The number of ketones is 1. The Morgan fingerprint density at radius 3 is 1.90 bits per heavy atom. The Labute approximate surface area is 177 Å². The molecule has 2 aromatic rings. The van der Waals surface area contributed by atoms with Gasteiger partial charge in [0, 0.05) is 16.8 Å². The molecule has 29 heavy (non-hydrogen) atoms. The largest absolute Gasteiger partial charge is 0.484 e. The minimum atomic E-state index is -0.503. The van der Waals surface area contributed by atoms with Crippen LogP contribution in [0.25, 0.3) is 0 Å². The summed E-state index contributed by atoms with van der Waals surface area (Å²) in [7, 11) is 0. The van der Waals surface area contributed by atoms with Crippen LogP contribution >= 0.6 is 11.6 Å². The Balaban J connectivity index is 2.36. The fourth-order valence-electron chi connectivity index (χ4n) is 2.50.